The maximum atomic E-state index is 11.6. The molecule has 1 aliphatic carbocycles. The summed E-state index contributed by atoms with van der Waals surface area (Å²) in [5, 5.41) is 38.8. The number of benzene rings is 2. The van der Waals surface area contributed by atoms with E-state index in [1.165, 1.54) is 21.2 Å². The Morgan fingerprint density at radius 2 is 1.45 bits per heavy atom. The monoisotopic (exact) mass is 695 g/mol. The van der Waals surface area contributed by atoms with Crippen molar-refractivity contribution in [3.63, 3.8) is 0 Å². The van der Waals surface area contributed by atoms with Crippen molar-refractivity contribution in [2.75, 3.05) is 44.5 Å². The van der Waals surface area contributed by atoms with Gasteiger partial charge in [-0.05, 0) is 75.9 Å². The van der Waals surface area contributed by atoms with Gasteiger partial charge >= 0.3 is 18.0 Å². The molecule has 1 saturated carbocycles. The van der Waals surface area contributed by atoms with Crippen molar-refractivity contribution in [3.05, 3.63) is 53.4 Å². The molecule has 1 fully saturated rings. The minimum Gasteiger partial charge on any atom is -0.479 e. The summed E-state index contributed by atoms with van der Waals surface area (Å²) >= 11 is 7.34. The smallest absolute Gasteiger partial charge is 0.340 e. The Morgan fingerprint density at radius 3 is 1.87 bits per heavy atom. The van der Waals surface area contributed by atoms with Crippen LogP contribution in [-0.4, -0.2) is 106 Å². The summed E-state index contributed by atoms with van der Waals surface area (Å²) in [6.45, 7) is 6.85. The van der Waals surface area contributed by atoms with Crippen LogP contribution in [0.25, 0.3) is 0 Å². The van der Waals surface area contributed by atoms with E-state index in [1.54, 1.807) is 0 Å². The molecule has 260 valence electrons. The summed E-state index contributed by atoms with van der Waals surface area (Å²) in [7, 11) is 4.29. The summed E-state index contributed by atoms with van der Waals surface area (Å²) in [6, 6.07) is 17.2. The van der Waals surface area contributed by atoms with E-state index in [0.29, 0.717) is 5.92 Å². The molecule has 47 heavy (non-hydrogen) atoms. The first-order valence-corrected chi connectivity index (χ1v) is 16.7. The fourth-order valence-corrected chi connectivity index (χ4v) is 6.41. The number of carboxylic acid groups (broad SMARTS) is 2. The van der Waals surface area contributed by atoms with Gasteiger partial charge in [0.1, 0.15) is 0 Å². The van der Waals surface area contributed by atoms with Crippen LogP contribution in [0, 0.1) is 16.7 Å². The predicted octanol–water partition coefficient (Wildman–Crippen LogP) is 4.86. The number of aliphatic hydroxyl groups excluding tert-OH is 2. The third kappa shape index (κ3) is 12.9. The molecule has 1 heterocycles. The third-order valence-electron chi connectivity index (χ3n) is 7.48. The van der Waals surface area contributed by atoms with Crippen molar-refractivity contribution < 1.29 is 34.8 Å². The average molecular weight is 696 g/mol. The highest BCUT2D eigenvalue weighted by atomic mass is 35.5. The predicted molar refractivity (Wildman–Crippen MR) is 182 cm³/mol. The van der Waals surface area contributed by atoms with Crippen molar-refractivity contribution >= 4 is 52.7 Å². The van der Waals surface area contributed by atoms with Crippen LogP contribution in [0.4, 0.5) is 16.2 Å². The van der Waals surface area contributed by atoms with Crippen LogP contribution >= 0.6 is 23.4 Å². The number of nitroso groups, excluding NO2 is 1. The Labute approximate surface area is 284 Å². The van der Waals surface area contributed by atoms with Crippen molar-refractivity contribution in [1.82, 2.24) is 15.2 Å². The van der Waals surface area contributed by atoms with Crippen LogP contribution < -0.4 is 10.2 Å². The number of carbonyl (C=O) groups is 3. The highest BCUT2D eigenvalue weighted by Gasteiger charge is 2.29. The maximum absolute atomic E-state index is 11.6. The molecule has 0 saturated heterocycles. The van der Waals surface area contributed by atoms with E-state index in [1.807, 2.05) is 11.8 Å². The molecule has 5 N–H and O–H groups in total. The molecule has 0 radical (unpaired) electrons. The van der Waals surface area contributed by atoms with Crippen molar-refractivity contribution in [3.8, 4) is 0 Å². The summed E-state index contributed by atoms with van der Waals surface area (Å²) in [6.07, 6.45) is -0.347. The second-order valence-corrected chi connectivity index (χ2v) is 13.3. The van der Waals surface area contributed by atoms with Crippen molar-refractivity contribution in [2.45, 2.75) is 67.6 Å². The molecule has 15 heteroatoms. The van der Waals surface area contributed by atoms with E-state index >= 15 is 0 Å². The first-order chi connectivity index (χ1) is 22.3. The second kappa shape index (κ2) is 20.1. The van der Waals surface area contributed by atoms with Crippen molar-refractivity contribution in [1.29, 1.82) is 0 Å². The number of carboxylic acids is 2. The van der Waals surface area contributed by atoms with Crippen LogP contribution in [0.1, 0.15) is 39.5 Å². The number of alkyl halides is 1. The quantitative estimate of drug-likeness (QED) is 0.123. The fourth-order valence-electron chi connectivity index (χ4n) is 5.15. The summed E-state index contributed by atoms with van der Waals surface area (Å²) in [5.41, 5.74) is 2.68. The molecule has 0 spiro atoms. The first-order valence-electron chi connectivity index (χ1n) is 15.4. The molecular weight excluding hydrogens is 650 g/mol. The third-order valence-corrected chi connectivity index (χ3v) is 8.78. The molecule has 13 nitrogen and oxygen atoms in total. The van der Waals surface area contributed by atoms with Gasteiger partial charge < -0.3 is 35.5 Å². The van der Waals surface area contributed by atoms with E-state index in [-0.39, 0.29) is 18.5 Å². The molecule has 3 atom stereocenters. The number of carbonyl (C=O) groups excluding carboxylic acids is 1. The van der Waals surface area contributed by atoms with Gasteiger partial charge in [0.25, 0.3) is 0 Å². The molecular formula is C32H46ClN5O8S. The zero-order valence-corrected chi connectivity index (χ0v) is 28.7. The Hall–Kier alpha value is -3.43. The van der Waals surface area contributed by atoms with Gasteiger partial charge in [0.05, 0.1) is 23.2 Å². The lowest BCUT2D eigenvalue weighted by atomic mass is 9.87. The van der Waals surface area contributed by atoms with Crippen LogP contribution in [0.15, 0.2) is 63.6 Å². The van der Waals surface area contributed by atoms with Crippen LogP contribution in [0.2, 0.25) is 0 Å². The standard InChI is InChI=1S/C18H22N2S.C10H18ClN3O2.C4H6O6/c1-14(12-19(2)3)13-20-15-8-4-6-10-17(15)21-18-11-7-5-9-16(18)20;1-8-2-4-9(5-3-8)12-10(15)14(13-16)7-6-11;5-1(3(7)8)2(6)4(9)10/h4-11,14H,12-13H2,1-3H3;8-9H,2-7H2,1H3,(H,12,15);1-2,5-6H,(H,7,8)(H,9,10). The van der Waals surface area contributed by atoms with Gasteiger partial charge in [0.15, 0.2) is 12.2 Å². The first kappa shape index (κ1) is 39.7. The fraction of sp³-hybridized carbons (Fsp3) is 0.531. The molecule has 0 aromatic heterocycles. The molecule has 4 rings (SSSR count). The Kier molecular flexibility index (Phi) is 17.0. The highest BCUT2D eigenvalue weighted by Crippen LogP contribution is 2.48. The molecule has 0 bridgehead atoms. The maximum Gasteiger partial charge on any atom is 0.340 e. The second-order valence-electron chi connectivity index (χ2n) is 11.9. The molecule has 3 unspecified atom stereocenters. The summed E-state index contributed by atoms with van der Waals surface area (Å²) in [4.78, 5) is 49.0. The lowest BCUT2D eigenvalue weighted by Gasteiger charge is -2.35. The number of halogens is 1. The van der Waals surface area contributed by atoms with Crippen LogP contribution in [0.5, 0.6) is 0 Å². The number of fused-ring (bicyclic) bond motifs is 2. The molecule has 2 aromatic carbocycles. The minimum absolute atomic E-state index is 0.153. The molecule has 2 aliphatic rings. The number of amides is 2. The molecule has 2 aromatic rings. The van der Waals surface area contributed by atoms with E-state index in [2.05, 4.69) is 96.9 Å². The largest absolute Gasteiger partial charge is 0.479 e. The van der Waals surface area contributed by atoms with E-state index in [0.717, 1.165) is 49.7 Å². The normalized spacial score (nSPS) is 18.4. The van der Waals surface area contributed by atoms with E-state index in [4.69, 9.17) is 32.0 Å². The van der Waals surface area contributed by atoms with Gasteiger partial charge in [0, 0.05) is 34.8 Å². The Morgan fingerprint density at radius 1 is 0.957 bits per heavy atom. The Balaban J connectivity index is 0.000000263. The SMILES string of the molecule is CC(CN(C)C)CN1c2ccccc2Sc2ccccc21.CC1CCC(NC(=O)N(CCCl)N=O)CC1.O=C(O)C(O)C(O)C(=O)O. The van der Waals surface area contributed by atoms with Gasteiger partial charge in [-0.15, -0.1) is 16.5 Å². The average Bonchev–Trinajstić information content (AvgIpc) is 3.04. The molecule has 1 aliphatic heterocycles. The number of para-hydroxylation sites is 2. The number of urea groups is 1. The number of rotatable bonds is 11. The van der Waals surface area contributed by atoms with Crippen molar-refractivity contribution in [2.24, 2.45) is 17.1 Å². The number of aliphatic carboxylic acids is 2. The molecule has 2 amide bonds. The van der Waals surface area contributed by atoms with Crippen LogP contribution in [0.3, 0.4) is 0 Å². The number of nitrogens with zero attached hydrogens (tertiary/aromatic N) is 4. The van der Waals surface area contributed by atoms with Gasteiger partial charge in [-0.2, -0.15) is 5.01 Å². The lowest BCUT2D eigenvalue weighted by molar-refractivity contribution is -0.165. The number of anilines is 2. The summed E-state index contributed by atoms with van der Waals surface area (Å²) in [5.74, 6) is -1.98. The van der Waals surface area contributed by atoms with Gasteiger partial charge in [-0.1, -0.05) is 49.9 Å². The zero-order valence-electron chi connectivity index (χ0n) is 27.2. The van der Waals surface area contributed by atoms with Gasteiger partial charge in [-0.3, -0.25) is 0 Å². The zero-order chi connectivity index (χ0) is 35.1. The lowest BCUT2D eigenvalue weighted by Crippen LogP contribution is -2.44. The number of hydrogen-bond acceptors (Lipinski definition) is 10. The number of nitrogens with one attached hydrogen (secondary N) is 1. The Bertz CT molecular complexity index is 1250. The summed E-state index contributed by atoms with van der Waals surface area (Å²) < 4.78 is 0. The van der Waals surface area contributed by atoms with Crippen LogP contribution in [-0.2, 0) is 9.59 Å². The topological polar surface area (TPSA) is 183 Å². The number of hydrogen-bond donors (Lipinski definition) is 5. The van der Waals surface area contributed by atoms with E-state index in [9.17, 15) is 19.3 Å². The van der Waals surface area contributed by atoms with E-state index < -0.39 is 30.2 Å². The highest BCUT2D eigenvalue weighted by molar-refractivity contribution is 7.99. The minimum atomic E-state index is -2.27. The van der Waals surface area contributed by atoms with Gasteiger partial charge in [-0.25, -0.2) is 14.4 Å². The number of aliphatic hydroxyl groups is 2. The van der Waals surface area contributed by atoms with Gasteiger partial charge in [0.2, 0.25) is 0 Å².